The molecule has 4 heteroatoms. The van der Waals surface area contributed by atoms with Gasteiger partial charge in [-0.25, -0.2) is 4.98 Å². The van der Waals surface area contributed by atoms with Gasteiger partial charge in [0, 0.05) is 7.05 Å². The first-order chi connectivity index (χ1) is 6.74. The predicted octanol–water partition coefficient (Wildman–Crippen LogP) is 3.00. The third kappa shape index (κ3) is 3.28. The van der Waals surface area contributed by atoms with Gasteiger partial charge in [-0.2, -0.15) is 5.11 Å². The Kier molecular flexibility index (Phi) is 4.29. The van der Waals surface area contributed by atoms with E-state index in [1.807, 2.05) is 24.7 Å². The molecule has 0 aromatic carbocycles. The van der Waals surface area contributed by atoms with Gasteiger partial charge < -0.3 is 4.57 Å². The highest BCUT2D eigenvalue weighted by Crippen LogP contribution is 2.10. The van der Waals surface area contributed by atoms with Crippen molar-refractivity contribution in [2.24, 2.45) is 17.3 Å². The second kappa shape index (κ2) is 5.52. The average Bonchev–Trinajstić information content (AvgIpc) is 2.46. The summed E-state index contributed by atoms with van der Waals surface area (Å²) in [6.45, 7) is 4.94. The fourth-order valence-corrected chi connectivity index (χ4v) is 1.14. The third-order valence-electron chi connectivity index (χ3n) is 2.13. The summed E-state index contributed by atoms with van der Waals surface area (Å²) >= 11 is 0. The van der Waals surface area contributed by atoms with Gasteiger partial charge in [0.05, 0.1) is 12.7 Å². The van der Waals surface area contributed by atoms with E-state index < -0.39 is 0 Å². The van der Waals surface area contributed by atoms with Gasteiger partial charge in [0.25, 0.3) is 0 Å². The summed E-state index contributed by atoms with van der Waals surface area (Å²) in [5, 5.41) is 8.14. The van der Waals surface area contributed by atoms with E-state index in [2.05, 4.69) is 22.1 Å². The minimum absolute atomic E-state index is 0.710. The zero-order valence-electron chi connectivity index (χ0n) is 9.19. The first kappa shape index (κ1) is 10.9. The number of azo groups is 1. The molecule has 1 heterocycles. The summed E-state index contributed by atoms with van der Waals surface area (Å²) in [6, 6.07) is 0. The van der Waals surface area contributed by atoms with E-state index >= 15 is 0 Å². The first-order valence-electron chi connectivity index (χ1n) is 5.11. The fraction of sp³-hybridized carbons (Fsp3) is 0.700. The minimum Gasteiger partial charge on any atom is -0.336 e. The molecule has 1 aromatic heterocycles. The maximum absolute atomic E-state index is 4.23. The molecule has 0 aliphatic rings. The van der Waals surface area contributed by atoms with Gasteiger partial charge in [0.15, 0.2) is 5.82 Å². The van der Waals surface area contributed by atoms with E-state index in [1.165, 1.54) is 12.8 Å². The molecule has 0 saturated carbocycles. The second-order valence-corrected chi connectivity index (χ2v) is 3.43. The van der Waals surface area contributed by atoms with Gasteiger partial charge >= 0.3 is 0 Å². The lowest BCUT2D eigenvalue weighted by Gasteiger charge is -1.89. The van der Waals surface area contributed by atoms with Crippen LogP contribution in [-0.4, -0.2) is 16.1 Å². The maximum atomic E-state index is 4.23. The molecule has 0 saturated heterocycles. The van der Waals surface area contributed by atoms with Crippen molar-refractivity contribution >= 4 is 5.82 Å². The van der Waals surface area contributed by atoms with Gasteiger partial charge in [0.1, 0.15) is 5.82 Å². The van der Waals surface area contributed by atoms with Crippen LogP contribution in [0.4, 0.5) is 5.82 Å². The van der Waals surface area contributed by atoms with Crippen LogP contribution in [0.15, 0.2) is 16.4 Å². The Balaban J connectivity index is 2.36. The van der Waals surface area contributed by atoms with Crippen LogP contribution in [0.25, 0.3) is 0 Å². The van der Waals surface area contributed by atoms with Crippen LogP contribution in [0.3, 0.4) is 0 Å². The molecule has 1 aromatic rings. The molecule has 0 bridgehead atoms. The van der Waals surface area contributed by atoms with E-state index in [1.54, 1.807) is 0 Å². The summed E-state index contributed by atoms with van der Waals surface area (Å²) < 4.78 is 1.94. The van der Waals surface area contributed by atoms with Crippen molar-refractivity contribution in [2.75, 3.05) is 6.54 Å². The molecule has 0 aliphatic carbocycles. The third-order valence-corrected chi connectivity index (χ3v) is 2.13. The highest BCUT2D eigenvalue weighted by atomic mass is 15.2. The summed E-state index contributed by atoms with van der Waals surface area (Å²) in [5.41, 5.74) is 0. The van der Waals surface area contributed by atoms with Crippen LogP contribution < -0.4 is 0 Å². The van der Waals surface area contributed by atoms with Crippen molar-refractivity contribution in [3.8, 4) is 0 Å². The summed E-state index contributed by atoms with van der Waals surface area (Å²) in [6.07, 6.45) is 5.45. The number of nitrogens with zero attached hydrogens (tertiary/aromatic N) is 4. The molecule has 0 N–H and O–H groups in total. The summed E-state index contributed by atoms with van der Waals surface area (Å²) in [4.78, 5) is 4.23. The minimum atomic E-state index is 0.710. The molecule has 78 valence electrons. The van der Waals surface area contributed by atoms with Crippen molar-refractivity contribution < 1.29 is 0 Å². The van der Waals surface area contributed by atoms with Crippen molar-refractivity contribution in [3.05, 3.63) is 12.0 Å². The number of unbranched alkanes of at least 4 members (excludes halogenated alkanes) is 2. The number of rotatable bonds is 5. The standard InChI is InChI=1S/C10H18N4/c1-4-5-6-7-11-13-10-8-14(3)9(2)12-10/h8H,4-7H2,1-3H3. The maximum Gasteiger partial charge on any atom is 0.192 e. The average molecular weight is 194 g/mol. The number of aryl methyl sites for hydroxylation is 2. The van der Waals surface area contributed by atoms with Crippen LogP contribution in [0.1, 0.15) is 32.0 Å². The largest absolute Gasteiger partial charge is 0.336 e. The van der Waals surface area contributed by atoms with Crippen LogP contribution in [0.5, 0.6) is 0 Å². The highest BCUT2D eigenvalue weighted by molar-refractivity contribution is 5.23. The van der Waals surface area contributed by atoms with Crippen molar-refractivity contribution in [1.82, 2.24) is 9.55 Å². The molecule has 1 rings (SSSR count). The van der Waals surface area contributed by atoms with Crippen LogP contribution in [0, 0.1) is 6.92 Å². The quantitative estimate of drug-likeness (QED) is 0.524. The number of aromatic nitrogens is 2. The molecular weight excluding hydrogens is 176 g/mol. The molecule has 0 amide bonds. The fourth-order valence-electron chi connectivity index (χ4n) is 1.14. The SMILES string of the molecule is CCCCCN=Nc1cn(C)c(C)n1. The monoisotopic (exact) mass is 194 g/mol. The van der Waals surface area contributed by atoms with Crippen LogP contribution in [0.2, 0.25) is 0 Å². The van der Waals surface area contributed by atoms with E-state index in [0.717, 1.165) is 18.8 Å². The molecule has 0 unspecified atom stereocenters. The van der Waals surface area contributed by atoms with Gasteiger partial charge in [0.2, 0.25) is 0 Å². The first-order valence-corrected chi connectivity index (χ1v) is 5.11. The molecule has 0 fully saturated rings. The van der Waals surface area contributed by atoms with E-state index in [0.29, 0.717) is 5.82 Å². The van der Waals surface area contributed by atoms with Crippen LogP contribution >= 0.6 is 0 Å². The van der Waals surface area contributed by atoms with E-state index in [4.69, 9.17) is 0 Å². The summed E-state index contributed by atoms with van der Waals surface area (Å²) in [5.74, 6) is 1.68. The van der Waals surface area contributed by atoms with Crippen molar-refractivity contribution in [1.29, 1.82) is 0 Å². The molecule has 0 spiro atoms. The molecule has 4 nitrogen and oxygen atoms in total. The van der Waals surface area contributed by atoms with Gasteiger partial charge in [-0.3, -0.25) is 0 Å². The lowest BCUT2D eigenvalue weighted by Crippen LogP contribution is -1.86. The molecule has 14 heavy (non-hydrogen) atoms. The lowest BCUT2D eigenvalue weighted by molar-refractivity contribution is 0.712. The van der Waals surface area contributed by atoms with Crippen molar-refractivity contribution in [3.63, 3.8) is 0 Å². The van der Waals surface area contributed by atoms with Gasteiger partial charge in [-0.15, -0.1) is 5.11 Å². The topological polar surface area (TPSA) is 42.5 Å². The summed E-state index contributed by atoms with van der Waals surface area (Å²) in [7, 11) is 1.96. The number of hydrogen-bond donors (Lipinski definition) is 0. The Labute approximate surface area is 85.1 Å². The van der Waals surface area contributed by atoms with Crippen LogP contribution in [-0.2, 0) is 7.05 Å². The molecule has 0 aliphatic heterocycles. The lowest BCUT2D eigenvalue weighted by atomic mass is 10.3. The highest BCUT2D eigenvalue weighted by Gasteiger charge is 1.97. The predicted molar refractivity (Wildman–Crippen MR) is 56.9 cm³/mol. The van der Waals surface area contributed by atoms with Gasteiger partial charge in [-0.1, -0.05) is 19.8 Å². The van der Waals surface area contributed by atoms with Gasteiger partial charge in [-0.05, 0) is 13.3 Å². The Bertz CT molecular complexity index is 282. The molecular formula is C10H18N4. The zero-order chi connectivity index (χ0) is 10.4. The zero-order valence-corrected chi connectivity index (χ0v) is 9.19. The molecule has 0 radical (unpaired) electrons. The Morgan fingerprint density at radius 1 is 1.43 bits per heavy atom. The Morgan fingerprint density at radius 2 is 2.21 bits per heavy atom. The number of imidazole rings is 1. The normalized spacial score (nSPS) is 11.4. The van der Waals surface area contributed by atoms with E-state index in [9.17, 15) is 0 Å². The van der Waals surface area contributed by atoms with E-state index in [-0.39, 0.29) is 0 Å². The van der Waals surface area contributed by atoms with Crippen molar-refractivity contribution in [2.45, 2.75) is 33.1 Å². The molecule has 0 atom stereocenters. The Hall–Kier alpha value is -1.19. The Morgan fingerprint density at radius 3 is 2.79 bits per heavy atom. The smallest absolute Gasteiger partial charge is 0.192 e. The second-order valence-electron chi connectivity index (χ2n) is 3.43. The number of hydrogen-bond acceptors (Lipinski definition) is 3.